The van der Waals surface area contributed by atoms with Crippen LogP contribution in [0.3, 0.4) is 0 Å². The van der Waals surface area contributed by atoms with Crippen LogP contribution in [0.4, 0.5) is 10.5 Å². The van der Waals surface area contributed by atoms with Crippen LogP contribution < -0.4 is 16.7 Å². The van der Waals surface area contributed by atoms with Gasteiger partial charge in [-0.25, -0.2) is 10.6 Å². The van der Waals surface area contributed by atoms with Crippen molar-refractivity contribution in [1.29, 1.82) is 0 Å². The third-order valence-electron chi connectivity index (χ3n) is 5.69. The summed E-state index contributed by atoms with van der Waals surface area (Å²) >= 11 is 0. The Balaban J connectivity index is 0.00000199. The van der Waals surface area contributed by atoms with Gasteiger partial charge in [-0.1, -0.05) is 62.4 Å². The minimum atomic E-state index is -0.278. The number of hydrazine groups is 1. The summed E-state index contributed by atoms with van der Waals surface area (Å²) in [4.78, 5) is 16.3. The maximum atomic E-state index is 12.3. The van der Waals surface area contributed by atoms with Crippen LogP contribution >= 0.6 is 0 Å². The highest BCUT2D eigenvalue weighted by Crippen LogP contribution is 2.30. The molecule has 1 atom stereocenters. The van der Waals surface area contributed by atoms with Crippen LogP contribution in [0.15, 0.2) is 53.6 Å². The average Bonchev–Trinajstić information content (AvgIpc) is 2.83. The number of amides is 1. The molecule has 0 aliphatic carbocycles. The van der Waals surface area contributed by atoms with Gasteiger partial charge in [-0.15, -0.1) is 0 Å². The number of hydrazone groups is 1. The second kappa shape index (κ2) is 13.0. The van der Waals surface area contributed by atoms with Crippen molar-refractivity contribution >= 4 is 17.6 Å². The molecule has 1 aliphatic heterocycles. The van der Waals surface area contributed by atoms with Gasteiger partial charge in [0.05, 0.1) is 17.8 Å². The topological polar surface area (TPSA) is 100 Å². The second-order valence-electron chi connectivity index (χ2n) is 8.37. The molecular formula is C26H40N6O2. The van der Waals surface area contributed by atoms with E-state index in [-0.39, 0.29) is 18.2 Å². The van der Waals surface area contributed by atoms with Crippen LogP contribution in [0.2, 0.25) is 0 Å². The van der Waals surface area contributed by atoms with Crippen molar-refractivity contribution in [3.8, 4) is 0 Å². The number of para-hydroxylation sites is 1. The molecule has 1 amide bonds. The van der Waals surface area contributed by atoms with E-state index in [0.717, 1.165) is 22.4 Å². The molecule has 2 aromatic carbocycles. The van der Waals surface area contributed by atoms with Gasteiger partial charge in [0.25, 0.3) is 0 Å². The van der Waals surface area contributed by atoms with Crippen LogP contribution in [-0.2, 0) is 4.74 Å². The van der Waals surface area contributed by atoms with Crippen LogP contribution in [0, 0.1) is 13.8 Å². The summed E-state index contributed by atoms with van der Waals surface area (Å²) < 4.78 is 5.36. The predicted molar refractivity (Wildman–Crippen MR) is 139 cm³/mol. The van der Waals surface area contributed by atoms with Crippen LogP contribution in [0.5, 0.6) is 0 Å². The number of carbonyl (C=O) groups excluding carboxylic acids is 1. The zero-order valence-corrected chi connectivity index (χ0v) is 21.4. The summed E-state index contributed by atoms with van der Waals surface area (Å²) in [5, 5.41) is 5.76. The molecule has 0 radical (unpaired) electrons. The lowest BCUT2D eigenvalue weighted by molar-refractivity contribution is 0.0536. The number of ether oxygens (including phenoxy) is 1. The standard InChI is InChI=1S/C24H34N6O2.C2H6/c1-17(2)32-24(31)29-15-13-28(14-16-29)22(20-11-6-5-7-12-20)23(27-25)30(26)21-18(3)9-8-10-19(21)4;1-2/h5-12,17,22H,13-16,25-26H2,1-4H3;1-2H3/b27-23-;. The number of benzene rings is 2. The molecule has 1 saturated heterocycles. The fourth-order valence-corrected chi connectivity index (χ4v) is 4.16. The number of anilines is 1. The SMILES string of the molecule is CC.Cc1cccc(C)c1N(N)/C(=N\N)C(c1ccccc1)N1CCN(C(=O)OC(C)C)CC1. The Labute approximate surface area is 204 Å². The zero-order chi connectivity index (χ0) is 25.3. The largest absolute Gasteiger partial charge is 0.447 e. The van der Waals surface area contributed by atoms with E-state index in [1.54, 1.807) is 9.91 Å². The van der Waals surface area contributed by atoms with E-state index < -0.39 is 0 Å². The first-order valence-corrected chi connectivity index (χ1v) is 12.0. The van der Waals surface area contributed by atoms with Crippen molar-refractivity contribution in [3.63, 3.8) is 0 Å². The van der Waals surface area contributed by atoms with E-state index in [4.69, 9.17) is 16.4 Å². The Morgan fingerprint density at radius 1 is 0.971 bits per heavy atom. The zero-order valence-electron chi connectivity index (χ0n) is 21.4. The highest BCUT2D eigenvalue weighted by atomic mass is 16.6. The Morgan fingerprint density at radius 3 is 2.03 bits per heavy atom. The van der Waals surface area contributed by atoms with Crippen molar-refractivity contribution in [1.82, 2.24) is 9.80 Å². The smallest absolute Gasteiger partial charge is 0.410 e. The number of nitrogens with two attached hydrogens (primary N) is 2. The number of nitrogens with zero attached hydrogens (tertiary/aromatic N) is 4. The maximum Gasteiger partial charge on any atom is 0.410 e. The van der Waals surface area contributed by atoms with E-state index in [0.29, 0.717) is 32.0 Å². The summed E-state index contributed by atoms with van der Waals surface area (Å²) in [6.45, 7) is 14.2. The molecule has 0 spiro atoms. The molecule has 34 heavy (non-hydrogen) atoms. The number of hydrogen-bond acceptors (Lipinski definition) is 6. The van der Waals surface area contributed by atoms with E-state index >= 15 is 0 Å². The van der Waals surface area contributed by atoms with Gasteiger partial charge in [0, 0.05) is 26.2 Å². The Kier molecular flexibility index (Phi) is 10.3. The average molecular weight is 469 g/mol. The van der Waals surface area contributed by atoms with Crippen LogP contribution in [-0.4, -0.2) is 54.0 Å². The van der Waals surface area contributed by atoms with Gasteiger partial charge in [0.2, 0.25) is 0 Å². The van der Waals surface area contributed by atoms with Crippen molar-refractivity contribution in [2.75, 3.05) is 31.2 Å². The Hall–Kier alpha value is -3.10. The second-order valence-corrected chi connectivity index (χ2v) is 8.37. The molecule has 0 aromatic heterocycles. The fraction of sp³-hybridized carbons (Fsp3) is 0.462. The first-order valence-electron chi connectivity index (χ1n) is 12.0. The van der Waals surface area contributed by atoms with Gasteiger partial charge < -0.3 is 15.5 Å². The van der Waals surface area contributed by atoms with Crippen molar-refractivity contribution in [2.45, 2.75) is 53.7 Å². The molecule has 1 heterocycles. The minimum absolute atomic E-state index is 0.142. The molecule has 0 saturated carbocycles. The normalized spacial score (nSPS) is 15.4. The summed E-state index contributed by atoms with van der Waals surface area (Å²) in [7, 11) is 0. The first-order chi connectivity index (χ1) is 16.3. The van der Waals surface area contributed by atoms with E-state index in [1.165, 1.54) is 0 Å². The lowest BCUT2D eigenvalue weighted by Crippen LogP contribution is -2.54. The summed E-state index contributed by atoms with van der Waals surface area (Å²) in [5.41, 5.74) is 4.01. The summed E-state index contributed by atoms with van der Waals surface area (Å²) in [5.74, 6) is 13.1. The van der Waals surface area contributed by atoms with Gasteiger partial charge in [-0.05, 0) is 44.4 Å². The Morgan fingerprint density at radius 2 is 1.53 bits per heavy atom. The van der Waals surface area contributed by atoms with E-state index in [9.17, 15) is 4.79 Å². The summed E-state index contributed by atoms with van der Waals surface area (Å²) in [6.07, 6.45) is -0.420. The number of hydrogen-bond donors (Lipinski definition) is 2. The maximum absolute atomic E-state index is 12.3. The molecule has 3 rings (SSSR count). The molecule has 4 N–H and O–H groups in total. The van der Waals surface area contributed by atoms with Crippen molar-refractivity contribution in [3.05, 3.63) is 65.2 Å². The lowest BCUT2D eigenvalue weighted by Gasteiger charge is -2.41. The number of rotatable bonds is 5. The summed E-state index contributed by atoms with van der Waals surface area (Å²) in [6, 6.07) is 15.9. The highest BCUT2D eigenvalue weighted by Gasteiger charge is 2.33. The third kappa shape index (κ3) is 6.48. The van der Waals surface area contributed by atoms with Gasteiger partial charge in [0.1, 0.15) is 0 Å². The monoisotopic (exact) mass is 468 g/mol. The molecule has 1 aliphatic rings. The van der Waals surface area contributed by atoms with Gasteiger partial charge in [0.15, 0.2) is 5.84 Å². The van der Waals surface area contributed by atoms with Crippen LogP contribution in [0.25, 0.3) is 0 Å². The first kappa shape index (κ1) is 27.1. The number of amidine groups is 1. The van der Waals surface area contributed by atoms with Crippen molar-refractivity contribution in [2.24, 2.45) is 16.8 Å². The molecule has 2 aromatic rings. The minimum Gasteiger partial charge on any atom is -0.447 e. The molecule has 186 valence electrons. The van der Waals surface area contributed by atoms with Gasteiger partial charge >= 0.3 is 6.09 Å². The quantitative estimate of drug-likeness (QED) is 0.295. The van der Waals surface area contributed by atoms with Gasteiger partial charge in [-0.3, -0.25) is 9.91 Å². The number of carbonyl (C=O) groups is 1. The van der Waals surface area contributed by atoms with Crippen LogP contribution in [0.1, 0.15) is 50.4 Å². The number of aryl methyl sites for hydroxylation is 2. The predicted octanol–water partition coefficient (Wildman–Crippen LogP) is 4.19. The lowest BCUT2D eigenvalue weighted by atomic mass is 10.0. The molecule has 1 unspecified atom stereocenters. The van der Waals surface area contributed by atoms with E-state index in [2.05, 4.69) is 10.0 Å². The molecule has 1 fully saturated rings. The highest BCUT2D eigenvalue weighted by molar-refractivity contribution is 6.02. The third-order valence-corrected chi connectivity index (χ3v) is 5.69. The molecule has 8 nitrogen and oxygen atoms in total. The van der Waals surface area contributed by atoms with Crippen molar-refractivity contribution < 1.29 is 9.53 Å². The molecule has 0 bridgehead atoms. The van der Waals surface area contributed by atoms with E-state index in [1.807, 2.05) is 90.1 Å². The Bertz CT molecular complexity index is 919. The number of piperazine rings is 1. The molecule has 8 heteroatoms. The fourth-order valence-electron chi connectivity index (χ4n) is 4.16. The van der Waals surface area contributed by atoms with Gasteiger partial charge in [-0.2, -0.15) is 5.10 Å². The molecular weight excluding hydrogens is 428 g/mol.